The second-order valence-electron chi connectivity index (χ2n) is 5.45. The first-order valence-electron chi connectivity index (χ1n) is 7.94. The minimum atomic E-state index is -0.782. The topological polar surface area (TPSA) is 63.6 Å². The van der Waals surface area contributed by atoms with Gasteiger partial charge in [0.05, 0.1) is 17.7 Å². The van der Waals surface area contributed by atoms with Gasteiger partial charge in [-0.15, -0.1) is 17.8 Å². The van der Waals surface area contributed by atoms with E-state index in [1.54, 1.807) is 32.2 Å². The summed E-state index contributed by atoms with van der Waals surface area (Å²) in [5, 5.41) is 5.58. The van der Waals surface area contributed by atoms with Gasteiger partial charge >= 0.3 is 5.97 Å². The maximum absolute atomic E-state index is 14.2. The minimum Gasteiger partial charge on any atom is -0.463 e. The predicted molar refractivity (Wildman–Crippen MR) is 98.2 cm³/mol. The van der Waals surface area contributed by atoms with Crippen LogP contribution in [0, 0.1) is 18.2 Å². The van der Waals surface area contributed by atoms with E-state index in [-0.39, 0.29) is 12.2 Å². The number of allylic oxidation sites excluding steroid dienone is 1. The lowest BCUT2D eigenvalue weighted by Gasteiger charge is -2.26. The Kier molecular flexibility index (Phi) is 5.14. The van der Waals surface area contributed by atoms with Crippen molar-refractivity contribution in [1.29, 1.82) is 0 Å². The van der Waals surface area contributed by atoms with Gasteiger partial charge in [-0.2, -0.15) is 0 Å². The van der Waals surface area contributed by atoms with Crippen LogP contribution in [0.2, 0.25) is 0 Å². The number of ether oxygens (including phenoxy) is 1. The number of amidine groups is 1. The molecule has 0 fully saturated rings. The smallest absolute Gasteiger partial charge is 0.338 e. The molecule has 3 rings (SSSR count). The van der Waals surface area contributed by atoms with E-state index in [9.17, 15) is 9.18 Å². The van der Waals surface area contributed by atoms with Gasteiger partial charge in [0.25, 0.3) is 0 Å². The van der Waals surface area contributed by atoms with Gasteiger partial charge in [-0.1, -0.05) is 18.1 Å². The fraction of sp³-hybridized carbons (Fsp3) is 0.211. The van der Waals surface area contributed by atoms with Crippen molar-refractivity contribution in [1.82, 2.24) is 10.3 Å². The number of hydrogen-bond acceptors (Lipinski definition) is 6. The number of benzene rings is 1. The van der Waals surface area contributed by atoms with Crippen LogP contribution in [0.1, 0.15) is 36.0 Å². The summed E-state index contributed by atoms with van der Waals surface area (Å²) in [5.74, 6) is 1.82. The number of halogens is 1. The van der Waals surface area contributed by atoms with E-state index >= 15 is 0 Å². The molecule has 26 heavy (non-hydrogen) atoms. The lowest BCUT2D eigenvalue weighted by Crippen LogP contribution is -2.33. The fourth-order valence-corrected chi connectivity index (χ4v) is 3.33. The average molecular weight is 369 g/mol. The van der Waals surface area contributed by atoms with Crippen molar-refractivity contribution >= 4 is 23.1 Å². The lowest BCUT2D eigenvalue weighted by molar-refractivity contribution is -0.138. The minimum absolute atomic E-state index is 0.0798. The highest BCUT2D eigenvalue weighted by Crippen LogP contribution is 2.34. The molecule has 0 spiro atoms. The number of carbonyl (C=O) groups excluding carboxylic acids is 1. The average Bonchev–Trinajstić information content (AvgIpc) is 3.15. The van der Waals surface area contributed by atoms with Crippen molar-refractivity contribution < 1.29 is 13.9 Å². The van der Waals surface area contributed by atoms with Crippen molar-refractivity contribution in [3.05, 3.63) is 63.0 Å². The standard InChI is InChI=1S/C19H16FN3O2S/c1-4-12-13(7-6-8-14(12)20)16-15(19(24)25-5-2)11(3)22-17(23-16)18-21-9-10-26-18/h1,6-10,16H,5H2,2-3H3,(H,22,23)/t16-/m1/s1. The summed E-state index contributed by atoms with van der Waals surface area (Å²) in [4.78, 5) is 21.4. The second kappa shape index (κ2) is 7.50. The Morgan fingerprint density at radius 2 is 2.31 bits per heavy atom. The highest BCUT2D eigenvalue weighted by Gasteiger charge is 2.32. The van der Waals surface area contributed by atoms with Crippen LogP contribution >= 0.6 is 11.3 Å². The highest BCUT2D eigenvalue weighted by molar-refractivity contribution is 7.11. The van der Waals surface area contributed by atoms with E-state index in [0.29, 0.717) is 27.7 Å². The van der Waals surface area contributed by atoms with Crippen molar-refractivity contribution in [2.75, 3.05) is 6.61 Å². The number of carbonyl (C=O) groups is 1. The number of rotatable bonds is 4. The number of nitrogens with one attached hydrogen (secondary N) is 1. The number of hydrogen-bond donors (Lipinski definition) is 1. The van der Waals surface area contributed by atoms with Crippen LogP contribution < -0.4 is 5.32 Å². The molecule has 0 saturated carbocycles. The lowest BCUT2D eigenvalue weighted by atomic mass is 9.92. The molecule has 1 aliphatic heterocycles. The van der Waals surface area contributed by atoms with Gasteiger partial charge in [0, 0.05) is 17.3 Å². The van der Waals surface area contributed by atoms with Crippen LogP contribution in [0.15, 0.2) is 46.0 Å². The zero-order chi connectivity index (χ0) is 18.7. The van der Waals surface area contributed by atoms with E-state index in [0.717, 1.165) is 0 Å². The molecule has 0 amide bonds. The van der Waals surface area contributed by atoms with Crippen LogP contribution in [0.5, 0.6) is 0 Å². The molecule has 132 valence electrons. The van der Waals surface area contributed by atoms with E-state index in [4.69, 9.17) is 11.2 Å². The number of thiazole rings is 1. The molecule has 2 heterocycles. The number of esters is 1. The monoisotopic (exact) mass is 369 g/mol. The zero-order valence-corrected chi connectivity index (χ0v) is 15.1. The van der Waals surface area contributed by atoms with Gasteiger partial charge < -0.3 is 10.1 Å². The first kappa shape index (κ1) is 17.8. The summed E-state index contributed by atoms with van der Waals surface area (Å²) in [7, 11) is 0. The molecule has 0 bridgehead atoms. The molecule has 1 aliphatic rings. The Hall–Kier alpha value is -2.98. The molecule has 0 radical (unpaired) electrons. The van der Waals surface area contributed by atoms with Crippen molar-refractivity contribution in [3.63, 3.8) is 0 Å². The maximum atomic E-state index is 14.2. The van der Waals surface area contributed by atoms with Crippen LogP contribution in [0.3, 0.4) is 0 Å². The summed E-state index contributed by atoms with van der Waals surface area (Å²) in [5.41, 5.74) is 1.39. The Labute approximate surface area is 154 Å². The van der Waals surface area contributed by atoms with Crippen LogP contribution in [-0.2, 0) is 9.53 Å². The number of terminal acetylenes is 1. The molecule has 1 atom stereocenters. The van der Waals surface area contributed by atoms with Crippen molar-refractivity contribution in [2.24, 2.45) is 4.99 Å². The summed E-state index contributed by atoms with van der Waals surface area (Å²) < 4.78 is 19.4. The normalized spacial score (nSPS) is 16.5. The third-order valence-corrected chi connectivity index (χ3v) is 4.64. The van der Waals surface area contributed by atoms with Gasteiger partial charge in [-0.05, 0) is 25.5 Å². The fourth-order valence-electron chi connectivity index (χ4n) is 2.74. The maximum Gasteiger partial charge on any atom is 0.338 e. The van der Waals surface area contributed by atoms with Gasteiger partial charge in [-0.3, -0.25) is 4.99 Å². The third kappa shape index (κ3) is 3.24. The summed E-state index contributed by atoms with van der Waals surface area (Å²) >= 11 is 1.40. The van der Waals surface area contributed by atoms with Gasteiger partial charge in [-0.25, -0.2) is 14.2 Å². The zero-order valence-electron chi connectivity index (χ0n) is 14.2. The SMILES string of the molecule is C#Cc1c(F)cccc1[C@H]1N=C(c2nccs2)NC(C)=C1C(=O)OCC. The van der Waals surface area contributed by atoms with Crippen molar-refractivity contribution in [2.45, 2.75) is 19.9 Å². The molecule has 0 aliphatic carbocycles. The molecule has 1 N–H and O–H groups in total. The molecule has 0 unspecified atom stereocenters. The molecule has 0 saturated heterocycles. The van der Waals surface area contributed by atoms with Gasteiger partial charge in [0.15, 0.2) is 10.8 Å². The molecular formula is C19H16FN3O2S. The summed E-state index contributed by atoms with van der Waals surface area (Å²) in [6.45, 7) is 3.69. The van der Waals surface area contributed by atoms with E-state index in [2.05, 4.69) is 21.2 Å². The van der Waals surface area contributed by atoms with Crippen LogP contribution in [-0.4, -0.2) is 23.4 Å². The van der Waals surface area contributed by atoms with Gasteiger partial charge in [0.2, 0.25) is 0 Å². The predicted octanol–water partition coefficient (Wildman–Crippen LogP) is 3.19. The number of aliphatic imine (C=N–C) groups is 1. The first-order chi connectivity index (χ1) is 12.6. The Balaban J connectivity index is 2.18. The van der Waals surface area contributed by atoms with Gasteiger partial charge in [0.1, 0.15) is 11.9 Å². The molecular weight excluding hydrogens is 353 g/mol. The molecule has 1 aromatic carbocycles. The number of aromatic nitrogens is 1. The van der Waals surface area contributed by atoms with E-state index < -0.39 is 17.8 Å². The highest BCUT2D eigenvalue weighted by atomic mass is 32.1. The molecule has 2 aromatic rings. The molecule has 5 nitrogen and oxygen atoms in total. The quantitative estimate of drug-likeness (QED) is 0.664. The Bertz CT molecular complexity index is 942. The second-order valence-corrected chi connectivity index (χ2v) is 6.34. The van der Waals surface area contributed by atoms with Crippen molar-refractivity contribution in [3.8, 4) is 12.3 Å². The van der Waals surface area contributed by atoms with Crippen LogP contribution in [0.25, 0.3) is 0 Å². The van der Waals surface area contributed by atoms with Crippen LogP contribution in [0.4, 0.5) is 4.39 Å². The largest absolute Gasteiger partial charge is 0.463 e. The summed E-state index contributed by atoms with van der Waals surface area (Å²) in [6.07, 6.45) is 7.17. The van der Waals surface area contributed by atoms with E-state index in [1.165, 1.54) is 17.4 Å². The summed E-state index contributed by atoms with van der Waals surface area (Å²) in [6, 6.07) is 3.72. The van der Waals surface area contributed by atoms with E-state index in [1.807, 2.05) is 5.38 Å². The number of nitrogens with zero attached hydrogens (tertiary/aromatic N) is 2. The Morgan fingerprint density at radius 3 is 2.96 bits per heavy atom. The third-order valence-electron chi connectivity index (χ3n) is 3.86. The molecule has 1 aromatic heterocycles. The Morgan fingerprint density at radius 1 is 1.50 bits per heavy atom. The molecule has 7 heteroatoms. The first-order valence-corrected chi connectivity index (χ1v) is 8.82.